The van der Waals surface area contributed by atoms with Gasteiger partial charge in [0.25, 0.3) is 0 Å². The van der Waals surface area contributed by atoms with Gasteiger partial charge in [-0.05, 0) is 18.5 Å². The van der Waals surface area contributed by atoms with Gasteiger partial charge in [-0.1, -0.05) is 13.0 Å². The SMILES string of the molecule is CCN1CCC=C(c2csc(N)n2)C1.O=C(O)/C=C\C(=O)O. The molecule has 22 heavy (non-hydrogen) atoms. The minimum atomic E-state index is -1.26. The van der Waals surface area contributed by atoms with E-state index < -0.39 is 11.9 Å². The van der Waals surface area contributed by atoms with E-state index in [0.29, 0.717) is 17.3 Å². The molecular formula is C14H19N3O4S. The molecule has 2 heterocycles. The van der Waals surface area contributed by atoms with Gasteiger partial charge in [-0.15, -0.1) is 11.3 Å². The topological polar surface area (TPSA) is 117 Å². The number of carbonyl (C=O) groups is 2. The molecule has 8 heteroatoms. The molecule has 0 saturated carbocycles. The van der Waals surface area contributed by atoms with E-state index >= 15 is 0 Å². The summed E-state index contributed by atoms with van der Waals surface area (Å²) >= 11 is 1.51. The second-order valence-corrected chi connectivity index (χ2v) is 5.36. The molecule has 0 bridgehead atoms. The Bertz CT molecular complexity index is 564. The van der Waals surface area contributed by atoms with Gasteiger partial charge in [0.05, 0.1) is 5.69 Å². The van der Waals surface area contributed by atoms with E-state index in [0.717, 1.165) is 25.2 Å². The molecule has 1 aromatic rings. The summed E-state index contributed by atoms with van der Waals surface area (Å²) in [6.07, 6.45) is 4.52. The van der Waals surface area contributed by atoms with Crippen LogP contribution < -0.4 is 5.73 Å². The number of rotatable bonds is 4. The Morgan fingerprint density at radius 1 is 1.41 bits per heavy atom. The van der Waals surface area contributed by atoms with E-state index in [1.807, 2.05) is 5.38 Å². The summed E-state index contributed by atoms with van der Waals surface area (Å²) in [5.41, 5.74) is 8.00. The molecule has 120 valence electrons. The van der Waals surface area contributed by atoms with Crippen LogP contribution in [0.15, 0.2) is 23.6 Å². The van der Waals surface area contributed by atoms with Crippen LogP contribution in [-0.4, -0.2) is 51.7 Å². The lowest BCUT2D eigenvalue weighted by molar-refractivity contribution is -0.134. The molecule has 0 aliphatic carbocycles. The predicted octanol–water partition coefficient (Wildman–Crippen LogP) is 1.55. The Morgan fingerprint density at radius 3 is 2.50 bits per heavy atom. The lowest BCUT2D eigenvalue weighted by atomic mass is 10.1. The van der Waals surface area contributed by atoms with Crippen molar-refractivity contribution in [2.45, 2.75) is 13.3 Å². The number of nitrogens with zero attached hydrogens (tertiary/aromatic N) is 2. The fraction of sp³-hybridized carbons (Fsp3) is 0.357. The number of anilines is 1. The first-order valence-electron chi connectivity index (χ1n) is 6.69. The van der Waals surface area contributed by atoms with Crippen molar-refractivity contribution in [1.29, 1.82) is 0 Å². The highest BCUT2D eigenvalue weighted by Gasteiger charge is 2.13. The van der Waals surface area contributed by atoms with Gasteiger partial charge in [-0.25, -0.2) is 14.6 Å². The quantitative estimate of drug-likeness (QED) is 0.719. The Morgan fingerprint density at radius 2 is 2.05 bits per heavy atom. The Labute approximate surface area is 132 Å². The van der Waals surface area contributed by atoms with Crippen molar-refractivity contribution >= 4 is 34.0 Å². The molecule has 0 fully saturated rings. The minimum Gasteiger partial charge on any atom is -0.478 e. The fourth-order valence-corrected chi connectivity index (χ4v) is 2.43. The summed E-state index contributed by atoms with van der Waals surface area (Å²) in [6, 6.07) is 0. The number of aliphatic carboxylic acids is 2. The number of nitrogens with two attached hydrogens (primary N) is 1. The maximum Gasteiger partial charge on any atom is 0.328 e. The van der Waals surface area contributed by atoms with Crippen molar-refractivity contribution in [3.8, 4) is 0 Å². The predicted molar refractivity (Wildman–Crippen MR) is 85.6 cm³/mol. The van der Waals surface area contributed by atoms with Gasteiger partial charge in [0.1, 0.15) is 0 Å². The van der Waals surface area contributed by atoms with Crippen LogP contribution in [0.25, 0.3) is 5.57 Å². The van der Waals surface area contributed by atoms with E-state index in [2.05, 4.69) is 22.9 Å². The van der Waals surface area contributed by atoms with Crippen LogP contribution in [0.2, 0.25) is 0 Å². The summed E-state index contributed by atoms with van der Waals surface area (Å²) < 4.78 is 0. The number of thiazole rings is 1. The van der Waals surface area contributed by atoms with Crippen molar-refractivity contribution in [2.75, 3.05) is 25.4 Å². The Balaban J connectivity index is 0.000000261. The lowest BCUT2D eigenvalue weighted by Gasteiger charge is -2.24. The normalized spacial score (nSPS) is 15.0. The van der Waals surface area contributed by atoms with Crippen LogP contribution in [0.4, 0.5) is 5.13 Å². The summed E-state index contributed by atoms with van der Waals surface area (Å²) in [5.74, 6) is -2.51. The second-order valence-electron chi connectivity index (χ2n) is 4.47. The molecule has 7 nitrogen and oxygen atoms in total. The van der Waals surface area contributed by atoms with Crippen molar-refractivity contribution in [3.63, 3.8) is 0 Å². The van der Waals surface area contributed by atoms with Crippen LogP contribution in [0.1, 0.15) is 19.0 Å². The Hall–Kier alpha value is -2.19. The largest absolute Gasteiger partial charge is 0.478 e. The first-order valence-corrected chi connectivity index (χ1v) is 7.57. The van der Waals surface area contributed by atoms with E-state index in [9.17, 15) is 9.59 Å². The number of carboxylic acids is 2. The van der Waals surface area contributed by atoms with Crippen LogP contribution in [-0.2, 0) is 9.59 Å². The number of aromatic nitrogens is 1. The number of nitrogen functional groups attached to an aromatic ring is 1. The van der Waals surface area contributed by atoms with Gasteiger partial charge in [0, 0.05) is 30.6 Å². The Kier molecular flexibility index (Phi) is 7.27. The van der Waals surface area contributed by atoms with Gasteiger partial charge < -0.3 is 15.9 Å². The monoisotopic (exact) mass is 325 g/mol. The molecule has 0 unspecified atom stereocenters. The number of hydrogen-bond acceptors (Lipinski definition) is 6. The molecule has 2 rings (SSSR count). The molecule has 0 atom stereocenters. The first-order chi connectivity index (χ1) is 10.4. The third-order valence-corrected chi connectivity index (χ3v) is 3.57. The molecule has 0 aromatic carbocycles. The third kappa shape index (κ3) is 6.51. The molecular weight excluding hydrogens is 306 g/mol. The molecule has 0 spiro atoms. The maximum atomic E-state index is 9.55. The highest BCUT2D eigenvalue weighted by molar-refractivity contribution is 7.13. The van der Waals surface area contributed by atoms with Gasteiger partial charge >= 0.3 is 11.9 Å². The van der Waals surface area contributed by atoms with E-state index in [-0.39, 0.29) is 0 Å². The third-order valence-electron chi connectivity index (χ3n) is 2.90. The summed E-state index contributed by atoms with van der Waals surface area (Å²) in [5, 5.41) is 18.3. The molecule has 4 N–H and O–H groups in total. The lowest BCUT2D eigenvalue weighted by Crippen LogP contribution is -2.29. The highest BCUT2D eigenvalue weighted by Crippen LogP contribution is 2.23. The van der Waals surface area contributed by atoms with Crippen molar-refractivity contribution in [1.82, 2.24) is 9.88 Å². The molecule has 1 aliphatic rings. The molecule has 1 aromatic heterocycles. The van der Waals surface area contributed by atoms with E-state index in [1.54, 1.807) is 0 Å². The maximum absolute atomic E-state index is 9.55. The van der Waals surface area contributed by atoms with Crippen LogP contribution in [0, 0.1) is 0 Å². The van der Waals surface area contributed by atoms with Crippen molar-refractivity contribution in [3.05, 3.63) is 29.3 Å². The minimum absolute atomic E-state index is 0.558. The fourth-order valence-electron chi connectivity index (χ4n) is 1.84. The summed E-state index contributed by atoms with van der Waals surface area (Å²) in [7, 11) is 0. The van der Waals surface area contributed by atoms with Gasteiger partial charge in [-0.3, -0.25) is 4.90 Å². The number of likely N-dealkylation sites (N-methyl/N-ethyl adjacent to an activating group) is 1. The van der Waals surface area contributed by atoms with E-state index in [4.69, 9.17) is 15.9 Å². The molecule has 0 radical (unpaired) electrons. The second kappa shape index (κ2) is 8.96. The van der Waals surface area contributed by atoms with Crippen molar-refractivity contribution < 1.29 is 19.8 Å². The van der Waals surface area contributed by atoms with Gasteiger partial charge in [0.15, 0.2) is 5.13 Å². The van der Waals surface area contributed by atoms with Crippen LogP contribution >= 0.6 is 11.3 Å². The average Bonchev–Trinajstić information content (AvgIpc) is 2.92. The zero-order valence-electron chi connectivity index (χ0n) is 12.2. The average molecular weight is 325 g/mol. The summed E-state index contributed by atoms with van der Waals surface area (Å²) in [4.78, 5) is 25.8. The molecule has 0 amide bonds. The first kappa shape index (κ1) is 17.9. The van der Waals surface area contributed by atoms with Crippen LogP contribution in [0.5, 0.6) is 0 Å². The zero-order chi connectivity index (χ0) is 16.5. The zero-order valence-corrected chi connectivity index (χ0v) is 13.0. The van der Waals surface area contributed by atoms with Crippen LogP contribution in [0.3, 0.4) is 0 Å². The standard InChI is InChI=1S/C10H15N3S.C4H4O4/c1-2-13-5-3-4-8(6-13)9-7-14-10(11)12-9;5-3(6)1-2-4(7)8/h4,7H,2-3,5-6H2,1H3,(H2,11,12);1-2H,(H,5,6)(H,7,8)/b;2-1-. The highest BCUT2D eigenvalue weighted by atomic mass is 32.1. The van der Waals surface area contributed by atoms with Crippen molar-refractivity contribution in [2.24, 2.45) is 0 Å². The van der Waals surface area contributed by atoms with Gasteiger partial charge in [-0.2, -0.15) is 0 Å². The smallest absolute Gasteiger partial charge is 0.328 e. The summed E-state index contributed by atoms with van der Waals surface area (Å²) in [6.45, 7) is 5.48. The molecule has 1 aliphatic heterocycles. The number of carboxylic acid groups (broad SMARTS) is 2. The number of hydrogen-bond donors (Lipinski definition) is 3. The van der Waals surface area contributed by atoms with Gasteiger partial charge in [0.2, 0.25) is 0 Å². The van der Waals surface area contributed by atoms with E-state index in [1.165, 1.54) is 23.5 Å². The molecule has 0 saturated heterocycles.